The number of thioether (sulfide) groups is 1. The van der Waals surface area contributed by atoms with Crippen LogP contribution >= 0.6 is 11.8 Å². The van der Waals surface area contributed by atoms with E-state index in [-0.39, 0.29) is 17.8 Å². The summed E-state index contributed by atoms with van der Waals surface area (Å²) in [5.74, 6) is 0.763. The Morgan fingerprint density at radius 3 is 2.71 bits per heavy atom. The number of amidine groups is 1. The lowest BCUT2D eigenvalue weighted by Crippen LogP contribution is -2.50. The van der Waals surface area contributed by atoms with E-state index in [2.05, 4.69) is 10.5 Å². The van der Waals surface area contributed by atoms with Gasteiger partial charge >= 0.3 is 0 Å². The van der Waals surface area contributed by atoms with Crippen molar-refractivity contribution < 1.29 is 10.0 Å². The van der Waals surface area contributed by atoms with Crippen LogP contribution in [0.5, 0.6) is 0 Å². The molecule has 0 aromatic carbocycles. The van der Waals surface area contributed by atoms with Gasteiger partial charge in [-0.15, -0.1) is 0 Å². The van der Waals surface area contributed by atoms with E-state index in [1.807, 2.05) is 6.26 Å². The summed E-state index contributed by atoms with van der Waals surface area (Å²) in [4.78, 5) is 11.6. The Balaban J connectivity index is 2.62. The summed E-state index contributed by atoms with van der Waals surface area (Å²) in [6.45, 7) is 0. The van der Waals surface area contributed by atoms with E-state index in [0.29, 0.717) is 11.7 Å². The first kappa shape index (κ1) is 14.2. The molecule has 0 aliphatic heterocycles. The third-order valence-corrected chi connectivity index (χ3v) is 3.70. The highest BCUT2D eigenvalue weighted by Gasteiger charge is 2.28. The van der Waals surface area contributed by atoms with Crippen LogP contribution < -0.4 is 11.1 Å². The minimum atomic E-state index is -0.319. The normalized spacial score (nSPS) is 19.9. The number of nitrogens with zero attached hydrogens (tertiary/aromatic N) is 1. The second kappa shape index (κ2) is 7.42. The Bertz CT molecular complexity index is 278. The van der Waals surface area contributed by atoms with Crippen LogP contribution in [0, 0.1) is 5.92 Å². The van der Waals surface area contributed by atoms with Gasteiger partial charge in [-0.2, -0.15) is 11.8 Å². The van der Waals surface area contributed by atoms with Crippen LogP contribution in [-0.2, 0) is 4.79 Å². The van der Waals surface area contributed by atoms with E-state index < -0.39 is 0 Å². The molecule has 1 rings (SSSR count). The van der Waals surface area contributed by atoms with Gasteiger partial charge in [0.1, 0.15) is 0 Å². The van der Waals surface area contributed by atoms with Crippen molar-refractivity contribution in [3.8, 4) is 0 Å². The third-order valence-electron chi connectivity index (χ3n) is 3.15. The van der Waals surface area contributed by atoms with E-state index in [4.69, 9.17) is 10.9 Å². The number of hydrogen-bond donors (Lipinski definition) is 3. The Morgan fingerprint density at radius 1 is 1.53 bits per heavy atom. The fraction of sp³-hybridized carbons (Fsp3) is 0.818. The Labute approximate surface area is 106 Å². The summed E-state index contributed by atoms with van der Waals surface area (Å²) in [5.41, 5.74) is 5.67. The standard InChI is InChI=1S/C11H21N3O2S/c1-17-7-9(15)13-10(11(12)14-16)8-5-3-2-4-6-8/h8,10,16H,2-7H2,1H3,(H2,12,14)(H,13,15). The van der Waals surface area contributed by atoms with E-state index in [9.17, 15) is 4.79 Å². The molecule has 0 bridgehead atoms. The molecule has 0 saturated heterocycles. The minimum absolute atomic E-state index is 0.0559. The number of nitrogens with one attached hydrogen (secondary N) is 1. The molecule has 0 aromatic rings. The smallest absolute Gasteiger partial charge is 0.230 e. The average molecular weight is 259 g/mol. The van der Waals surface area contributed by atoms with Gasteiger partial charge in [0.2, 0.25) is 5.91 Å². The number of nitrogens with two attached hydrogens (primary N) is 1. The van der Waals surface area contributed by atoms with Crippen molar-refractivity contribution in [3.63, 3.8) is 0 Å². The quantitative estimate of drug-likeness (QED) is 0.299. The summed E-state index contributed by atoms with van der Waals surface area (Å²) >= 11 is 1.46. The molecular formula is C11H21N3O2S. The monoisotopic (exact) mass is 259 g/mol. The summed E-state index contributed by atoms with van der Waals surface area (Å²) in [6.07, 6.45) is 7.47. The van der Waals surface area contributed by atoms with Crippen molar-refractivity contribution in [1.29, 1.82) is 0 Å². The first-order valence-electron chi connectivity index (χ1n) is 5.94. The van der Waals surface area contributed by atoms with Crippen LogP contribution in [0.1, 0.15) is 32.1 Å². The predicted molar refractivity (Wildman–Crippen MR) is 70.3 cm³/mol. The van der Waals surface area contributed by atoms with Gasteiger partial charge in [0.05, 0.1) is 11.8 Å². The van der Waals surface area contributed by atoms with Crippen LogP contribution in [0.15, 0.2) is 5.16 Å². The molecule has 17 heavy (non-hydrogen) atoms. The van der Waals surface area contributed by atoms with Crippen LogP contribution in [0.2, 0.25) is 0 Å². The molecule has 0 radical (unpaired) electrons. The van der Waals surface area contributed by atoms with Crippen LogP contribution in [-0.4, -0.2) is 35.0 Å². The van der Waals surface area contributed by atoms with Crippen molar-refractivity contribution in [2.45, 2.75) is 38.1 Å². The number of amides is 1. The molecule has 1 unspecified atom stereocenters. The lowest BCUT2D eigenvalue weighted by molar-refractivity contribution is -0.119. The molecule has 98 valence electrons. The molecule has 1 amide bonds. The number of rotatable bonds is 5. The second-order valence-corrected chi connectivity index (χ2v) is 5.27. The Hall–Kier alpha value is -0.910. The van der Waals surface area contributed by atoms with E-state index in [0.717, 1.165) is 25.7 Å². The molecule has 1 saturated carbocycles. The highest BCUT2D eigenvalue weighted by Crippen LogP contribution is 2.26. The second-order valence-electron chi connectivity index (χ2n) is 4.40. The SMILES string of the molecule is CSCC(=O)NC(C(N)=NO)C1CCCCC1. The van der Waals surface area contributed by atoms with E-state index in [1.54, 1.807) is 0 Å². The molecule has 0 spiro atoms. The summed E-state index contributed by atoms with van der Waals surface area (Å²) in [7, 11) is 0. The van der Waals surface area contributed by atoms with Gasteiger partial charge in [-0.1, -0.05) is 24.4 Å². The van der Waals surface area contributed by atoms with Crippen molar-refractivity contribution in [3.05, 3.63) is 0 Å². The predicted octanol–water partition coefficient (Wildman–Crippen LogP) is 1.16. The largest absolute Gasteiger partial charge is 0.409 e. The molecule has 5 nitrogen and oxygen atoms in total. The van der Waals surface area contributed by atoms with Crippen molar-refractivity contribution >= 4 is 23.5 Å². The van der Waals surface area contributed by atoms with Crippen molar-refractivity contribution in [1.82, 2.24) is 5.32 Å². The van der Waals surface area contributed by atoms with Gasteiger partial charge in [-0.25, -0.2) is 0 Å². The Kier molecular flexibility index (Phi) is 6.18. The number of oxime groups is 1. The van der Waals surface area contributed by atoms with Gasteiger partial charge in [0.15, 0.2) is 5.84 Å². The molecule has 1 fully saturated rings. The average Bonchev–Trinajstić information content (AvgIpc) is 2.36. The van der Waals surface area contributed by atoms with Gasteiger partial charge < -0.3 is 16.3 Å². The first-order valence-corrected chi connectivity index (χ1v) is 7.34. The molecular weight excluding hydrogens is 238 g/mol. The zero-order chi connectivity index (χ0) is 12.7. The number of hydrogen-bond acceptors (Lipinski definition) is 4. The molecule has 4 N–H and O–H groups in total. The van der Waals surface area contributed by atoms with E-state index in [1.165, 1.54) is 18.2 Å². The van der Waals surface area contributed by atoms with Crippen LogP contribution in [0.4, 0.5) is 0 Å². The van der Waals surface area contributed by atoms with Crippen LogP contribution in [0.3, 0.4) is 0 Å². The molecule has 0 aromatic heterocycles. The lowest BCUT2D eigenvalue weighted by Gasteiger charge is -2.29. The first-order chi connectivity index (χ1) is 8.19. The molecule has 1 aliphatic carbocycles. The summed E-state index contributed by atoms with van der Waals surface area (Å²) in [5, 5.41) is 14.7. The molecule has 1 atom stereocenters. The lowest BCUT2D eigenvalue weighted by atomic mass is 9.83. The zero-order valence-electron chi connectivity index (χ0n) is 10.2. The minimum Gasteiger partial charge on any atom is -0.409 e. The topological polar surface area (TPSA) is 87.7 Å². The van der Waals surface area contributed by atoms with Crippen LogP contribution in [0.25, 0.3) is 0 Å². The van der Waals surface area contributed by atoms with Gasteiger partial charge in [0.25, 0.3) is 0 Å². The molecule has 0 heterocycles. The zero-order valence-corrected chi connectivity index (χ0v) is 11.0. The maximum absolute atomic E-state index is 11.6. The van der Waals surface area contributed by atoms with Gasteiger partial charge in [0, 0.05) is 0 Å². The summed E-state index contributed by atoms with van der Waals surface area (Å²) < 4.78 is 0. The fourth-order valence-corrected chi connectivity index (χ4v) is 2.65. The number of carbonyl (C=O) groups is 1. The van der Waals surface area contributed by atoms with E-state index >= 15 is 0 Å². The highest BCUT2D eigenvalue weighted by molar-refractivity contribution is 7.99. The van der Waals surface area contributed by atoms with Gasteiger partial charge in [-0.3, -0.25) is 4.79 Å². The Morgan fingerprint density at radius 2 is 2.18 bits per heavy atom. The number of carbonyl (C=O) groups excluding carboxylic acids is 1. The fourth-order valence-electron chi connectivity index (χ4n) is 2.31. The highest BCUT2D eigenvalue weighted by atomic mass is 32.2. The molecule has 1 aliphatic rings. The third kappa shape index (κ3) is 4.46. The van der Waals surface area contributed by atoms with Crippen molar-refractivity contribution in [2.24, 2.45) is 16.8 Å². The summed E-state index contributed by atoms with van der Waals surface area (Å²) in [6, 6.07) is -0.319. The maximum atomic E-state index is 11.6. The maximum Gasteiger partial charge on any atom is 0.230 e. The molecule has 6 heteroatoms. The van der Waals surface area contributed by atoms with Gasteiger partial charge in [-0.05, 0) is 25.0 Å². The van der Waals surface area contributed by atoms with Crippen molar-refractivity contribution in [2.75, 3.05) is 12.0 Å².